The Labute approximate surface area is 69.4 Å². The maximum Gasteiger partial charge on any atom is 0.0922 e. The highest BCUT2D eigenvalue weighted by Crippen LogP contribution is 2.05. The van der Waals surface area contributed by atoms with Crippen molar-refractivity contribution in [3.05, 3.63) is 24.0 Å². The molecule has 1 heteroatoms. The maximum atomic E-state index is 9.22. The van der Waals surface area contributed by atoms with E-state index in [2.05, 4.69) is 6.92 Å². The SMILES string of the molecule is C/C=C/C=C(O)CCCCC. The molecule has 0 atom stereocenters. The second-order valence-electron chi connectivity index (χ2n) is 2.64. The Balaban J connectivity index is 3.42. The average molecular weight is 154 g/mol. The fourth-order valence-electron chi connectivity index (χ4n) is 0.847. The summed E-state index contributed by atoms with van der Waals surface area (Å²) in [4.78, 5) is 0. The van der Waals surface area contributed by atoms with Gasteiger partial charge in [0, 0.05) is 6.42 Å². The van der Waals surface area contributed by atoms with E-state index in [-0.39, 0.29) is 0 Å². The Morgan fingerprint density at radius 1 is 1.36 bits per heavy atom. The van der Waals surface area contributed by atoms with Crippen molar-refractivity contribution >= 4 is 0 Å². The molecule has 0 heterocycles. The minimum Gasteiger partial charge on any atom is -0.512 e. The molecule has 0 amide bonds. The monoisotopic (exact) mass is 154 g/mol. The van der Waals surface area contributed by atoms with E-state index < -0.39 is 0 Å². The highest BCUT2D eigenvalue weighted by molar-refractivity contribution is 5.05. The zero-order chi connectivity index (χ0) is 8.53. The van der Waals surface area contributed by atoms with Crippen LogP contribution in [0.2, 0.25) is 0 Å². The van der Waals surface area contributed by atoms with Crippen molar-refractivity contribution in [3.63, 3.8) is 0 Å². The quantitative estimate of drug-likeness (QED) is 0.364. The molecular weight excluding hydrogens is 136 g/mol. The standard InChI is InChI=1S/C10H18O/c1-3-5-7-9-10(11)8-6-4-2/h4,6,8,11H,3,5,7,9H2,1-2H3/b6-4+,10-8?. The van der Waals surface area contributed by atoms with Gasteiger partial charge in [-0.1, -0.05) is 31.9 Å². The van der Waals surface area contributed by atoms with E-state index >= 15 is 0 Å². The van der Waals surface area contributed by atoms with Gasteiger partial charge in [0.2, 0.25) is 0 Å². The van der Waals surface area contributed by atoms with Gasteiger partial charge in [-0.25, -0.2) is 0 Å². The summed E-state index contributed by atoms with van der Waals surface area (Å²) in [6.45, 7) is 4.10. The second-order valence-corrected chi connectivity index (χ2v) is 2.64. The lowest BCUT2D eigenvalue weighted by molar-refractivity contribution is 0.381. The molecule has 0 rings (SSSR count). The van der Waals surface area contributed by atoms with Gasteiger partial charge in [0.05, 0.1) is 5.76 Å². The summed E-state index contributed by atoms with van der Waals surface area (Å²) >= 11 is 0. The predicted octanol–water partition coefficient (Wildman–Crippen LogP) is 3.58. The van der Waals surface area contributed by atoms with E-state index in [9.17, 15) is 5.11 Å². The summed E-state index contributed by atoms with van der Waals surface area (Å²) < 4.78 is 0. The van der Waals surface area contributed by atoms with Gasteiger partial charge in [0.25, 0.3) is 0 Å². The van der Waals surface area contributed by atoms with Crippen LogP contribution in [0.3, 0.4) is 0 Å². The Morgan fingerprint density at radius 3 is 2.64 bits per heavy atom. The summed E-state index contributed by atoms with van der Waals surface area (Å²) in [6.07, 6.45) is 9.85. The number of rotatable bonds is 5. The van der Waals surface area contributed by atoms with E-state index in [1.165, 1.54) is 12.8 Å². The summed E-state index contributed by atoms with van der Waals surface area (Å²) in [5.74, 6) is 0.497. The van der Waals surface area contributed by atoms with Crippen molar-refractivity contribution in [1.29, 1.82) is 0 Å². The Morgan fingerprint density at radius 2 is 2.09 bits per heavy atom. The van der Waals surface area contributed by atoms with Crippen molar-refractivity contribution in [2.24, 2.45) is 0 Å². The van der Waals surface area contributed by atoms with Crippen LogP contribution in [0, 0.1) is 0 Å². The minimum atomic E-state index is 0.497. The van der Waals surface area contributed by atoms with E-state index in [0.29, 0.717) is 5.76 Å². The molecule has 1 N–H and O–H groups in total. The predicted molar refractivity (Wildman–Crippen MR) is 49.7 cm³/mol. The van der Waals surface area contributed by atoms with E-state index in [4.69, 9.17) is 0 Å². The van der Waals surface area contributed by atoms with Crippen LogP contribution >= 0.6 is 0 Å². The fraction of sp³-hybridized carbons (Fsp3) is 0.600. The second kappa shape index (κ2) is 7.39. The molecule has 11 heavy (non-hydrogen) atoms. The first-order valence-corrected chi connectivity index (χ1v) is 4.32. The van der Waals surface area contributed by atoms with Crippen LogP contribution in [0.1, 0.15) is 39.5 Å². The third kappa shape index (κ3) is 7.17. The molecule has 0 radical (unpaired) electrons. The molecule has 0 saturated carbocycles. The van der Waals surface area contributed by atoms with E-state index in [0.717, 1.165) is 12.8 Å². The highest BCUT2D eigenvalue weighted by Gasteiger charge is 1.90. The molecular formula is C10H18O. The highest BCUT2D eigenvalue weighted by atomic mass is 16.3. The molecule has 0 aliphatic rings. The molecule has 0 aliphatic heterocycles. The van der Waals surface area contributed by atoms with Crippen LogP contribution in [-0.2, 0) is 0 Å². The van der Waals surface area contributed by atoms with Crippen molar-refractivity contribution in [2.75, 3.05) is 0 Å². The summed E-state index contributed by atoms with van der Waals surface area (Å²) in [6, 6.07) is 0. The summed E-state index contributed by atoms with van der Waals surface area (Å²) in [5.41, 5.74) is 0. The summed E-state index contributed by atoms with van der Waals surface area (Å²) in [7, 11) is 0. The van der Waals surface area contributed by atoms with Gasteiger partial charge in [-0.2, -0.15) is 0 Å². The Kier molecular flexibility index (Phi) is 6.90. The van der Waals surface area contributed by atoms with Crippen LogP contribution in [0.25, 0.3) is 0 Å². The number of allylic oxidation sites excluding steroid dienone is 4. The zero-order valence-electron chi connectivity index (χ0n) is 7.51. The van der Waals surface area contributed by atoms with Gasteiger partial charge in [0.1, 0.15) is 0 Å². The molecule has 0 unspecified atom stereocenters. The van der Waals surface area contributed by atoms with Gasteiger partial charge >= 0.3 is 0 Å². The van der Waals surface area contributed by atoms with Gasteiger partial charge in [-0.3, -0.25) is 0 Å². The smallest absolute Gasteiger partial charge is 0.0922 e. The van der Waals surface area contributed by atoms with Gasteiger partial charge in [-0.15, -0.1) is 0 Å². The number of unbranched alkanes of at least 4 members (excludes halogenated alkanes) is 2. The third-order valence-electron chi connectivity index (χ3n) is 1.52. The Bertz CT molecular complexity index is 134. The molecule has 0 spiro atoms. The molecule has 0 aliphatic carbocycles. The van der Waals surface area contributed by atoms with Crippen LogP contribution in [0.15, 0.2) is 24.0 Å². The van der Waals surface area contributed by atoms with Crippen LogP contribution in [0.5, 0.6) is 0 Å². The lowest BCUT2D eigenvalue weighted by atomic mass is 10.2. The lowest BCUT2D eigenvalue weighted by Crippen LogP contribution is -1.80. The number of aliphatic hydroxyl groups is 1. The first kappa shape index (κ1) is 10.3. The van der Waals surface area contributed by atoms with Gasteiger partial charge in [0.15, 0.2) is 0 Å². The first-order chi connectivity index (χ1) is 5.31. The molecule has 0 saturated heterocycles. The lowest BCUT2D eigenvalue weighted by Gasteiger charge is -1.96. The Hall–Kier alpha value is -0.720. The minimum absolute atomic E-state index is 0.497. The van der Waals surface area contributed by atoms with Crippen LogP contribution in [-0.4, -0.2) is 5.11 Å². The largest absolute Gasteiger partial charge is 0.512 e. The molecule has 0 aromatic heterocycles. The van der Waals surface area contributed by atoms with E-state index in [1.807, 2.05) is 19.1 Å². The molecule has 0 bridgehead atoms. The van der Waals surface area contributed by atoms with Crippen molar-refractivity contribution in [1.82, 2.24) is 0 Å². The van der Waals surface area contributed by atoms with Crippen molar-refractivity contribution in [2.45, 2.75) is 39.5 Å². The zero-order valence-corrected chi connectivity index (χ0v) is 7.51. The van der Waals surface area contributed by atoms with E-state index in [1.54, 1.807) is 6.08 Å². The first-order valence-electron chi connectivity index (χ1n) is 4.32. The molecule has 1 nitrogen and oxygen atoms in total. The normalized spacial score (nSPS) is 12.7. The number of hydrogen-bond donors (Lipinski definition) is 1. The number of aliphatic hydroxyl groups excluding tert-OH is 1. The van der Waals surface area contributed by atoms with Crippen LogP contribution < -0.4 is 0 Å². The molecule has 0 aromatic rings. The molecule has 64 valence electrons. The maximum absolute atomic E-state index is 9.22. The fourth-order valence-corrected chi connectivity index (χ4v) is 0.847. The number of hydrogen-bond acceptors (Lipinski definition) is 1. The van der Waals surface area contributed by atoms with Crippen LogP contribution in [0.4, 0.5) is 0 Å². The molecule has 0 fully saturated rings. The van der Waals surface area contributed by atoms with Gasteiger partial charge in [-0.05, 0) is 19.4 Å². The van der Waals surface area contributed by atoms with Crippen molar-refractivity contribution in [3.8, 4) is 0 Å². The topological polar surface area (TPSA) is 20.2 Å². The average Bonchev–Trinajstić information content (AvgIpc) is 2.01. The summed E-state index contributed by atoms with van der Waals surface area (Å²) in [5, 5.41) is 9.22. The molecule has 0 aromatic carbocycles. The van der Waals surface area contributed by atoms with Crippen molar-refractivity contribution < 1.29 is 5.11 Å². The third-order valence-corrected chi connectivity index (χ3v) is 1.52. The van der Waals surface area contributed by atoms with Gasteiger partial charge < -0.3 is 5.11 Å².